The van der Waals surface area contributed by atoms with Crippen LogP contribution in [0.1, 0.15) is 23.0 Å². The number of benzene rings is 2. The fraction of sp³-hybridized carbons (Fsp3) is 0.261. The van der Waals surface area contributed by atoms with Gasteiger partial charge >= 0.3 is 0 Å². The summed E-state index contributed by atoms with van der Waals surface area (Å²) in [6.45, 7) is 4.57. The second kappa shape index (κ2) is 9.37. The van der Waals surface area contributed by atoms with Gasteiger partial charge in [0.05, 0.1) is 22.8 Å². The molecule has 1 unspecified atom stereocenters. The number of aromatic nitrogens is 2. The van der Waals surface area contributed by atoms with Crippen molar-refractivity contribution in [3.63, 3.8) is 0 Å². The topological polar surface area (TPSA) is 139 Å². The zero-order valence-corrected chi connectivity index (χ0v) is 19.7. The molecule has 1 saturated heterocycles. The van der Waals surface area contributed by atoms with Gasteiger partial charge in [-0.3, -0.25) is 14.5 Å². The van der Waals surface area contributed by atoms with Gasteiger partial charge in [-0.1, -0.05) is 24.3 Å². The minimum absolute atomic E-state index is 0.0624. The van der Waals surface area contributed by atoms with Gasteiger partial charge in [0.25, 0.3) is 0 Å². The number of sulfonamides is 1. The second-order valence-electron chi connectivity index (χ2n) is 8.12. The number of nitrogens with zero attached hydrogens (tertiary/aromatic N) is 3. The number of piperazine rings is 1. The molecule has 11 heteroatoms. The number of anilines is 1. The molecule has 2 amide bonds. The average Bonchev–Trinajstić information content (AvgIpc) is 3.08. The molecule has 0 spiro atoms. The number of primary sulfonamides is 1. The summed E-state index contributed by atoms with van der Waals surface area (Å²) in [5.41, 5.74) is 3.46. The lowest BCUT2D eigenvalue weighted by Gasteiger charge is -2.34. The van der Waals surface area contributed by atoms with Gasteiger partial charge in [-0.15, -0.1) is 0 Å². The largest absolute Gasteiger partial charge is 0.353 e. The van der Waals surface area contributed by atoms with Crippen LogP contribution in [-0.2, 0) is 19.6 Å². The predicted molar refractivity (Wildman–Crippen MR) is 127 cm³/mol. The van der Waals surface area contributed by atoms with E-state index in [-0.39, 0.29) is 23.3 Å². The maximum absolute atomic E-state index is 12.9. The number of rotatable bonds is 6. The molecule has 1 aliphatic heterocycles. The van der Waals surface area contributed by atoms with Gasteiger partial charge in [0.2, 0.25) is 21.8 Å². The molecule has 4 rings (SSSR count). The van der Waals surface area contributed by atoms with E-state index in [9.17, 15) is 18.0 Å². The van der Waals surface area contributed by atoms with E-state index >= 15 is 0 Å². The van der Waals surface area contributed by atoms with Crippen LogP contribution < -0.4 is 15.8 Å². The predicted octanol–water partition coefficient (Wildman–Crippen LogP) is 1.25. The third-order valence-electron chi connectivity index (χ3n) is 5.73. The van der Waals surface area contributed by atoms with Crippen molar-refractivity contribution >= 4 is 27.5 Å². The van der Waals surface area contributed by atoms with Crippen LogP contribution in [0.15, 0.2) is 59.5 Å². The highest BCUT2D eigenvalue weighted by Crippen LogP contribution is 2.30. The number of nitrogens with one attached hydrogen (secondary N) is 2. The molecule has 1 fully saturated rings. The standard InChI is InChI=1S/C23H26N6O4S/c1-15-21(16(2)29(27-15)18-8-4-3-5-9-18)22-23(31)25-11-12-28(22)14-20(30)26-17-7-6-10-19(13-17)34(24,32)33/h3-10,13,22H,11-12,14H2,1-2H3,(H,25,31)(H,26,30)(H2,24,32,33). The van der Waals surface area contributed by atoms with Crippen LogP contribution >= 0.6 is 0 Å². The summed E-state index contributed by atoms with van der Waals surface area (Å²) < 4.78 is 25.0. The monoisotopic (exact) mass is 482 g/mol. The van der Waals surface area contributed by atoms with Gasteiger partial charge in [0.1, 0.15) is 6.04 Å². The first kappa shape index (κ1) is 23.6. The van der Waals surface area contributed by atoms with Gasteiger partial charge in [-0.25, -0.2) is 18.2 Å². The Morgan fingerprint density at radius 2 is 1.91 bits per heavy atom. The van der Waals surface area contributed by atoms with E-state index in [0.29, 0.717) is 24.5 Å². The lowest BCUT2D eigenvalue weighted by molar-refractivity contribution is -0.130. The number of hydrogen-bond acceptors (Lipinski definition) is 6. The van der Waals surface area contributed by atoms with Crippen LogP contribution in [0.3, 0.4) is 0 Å². The van der Waals surface area contributed by atoms with E-state index in [4.69, 9.17) is 5.14 Å². The molecule has 0 aliphatic carbocycles. The lowest BCUT2D eigenvalue weighted by atomic mass is 10.00. The van der Waals surface area contributed by atoms with Gasteiger partial charge in [0, 0.05) is 30.0 Å². The van der Waals surface area contributed by atoms with E-state index in [0.717, 1.165) is 16.9 Å². The molecule has 0 saturated carbocycles. The van der Waals surface area contributed by atoms with Crippen LogP contribution in [0.2, 0.25) is 0 Å². The number of para-hydroxylation sites is 1. The smallest absolute Gasteiger partial charge is 0.242 e. The quantitative estimate of drug-likeness (QED) is 0.483. The van der Waals surface area contributed by atoms with Gasteiger partial charge in [-0.2, -0.15) is 5.10 Å². The summed E-state index contributed by atoms with van der Waals surface area (Å²) in [6.07, 6.45) is 0. The normalized spacial score (nSPS) is 16.8. The molecular formula is C23H26N6O4S. The Balaban J connectivity index is 1.59. The van der Waals surface area contributed by atoms with Crippen molar-refractivity contribution in [3.8, 4) is 5.69 Å². The van der Waals surface area contributed by atoms with E-state index in [1.165, 1.54) is 18.2 Å². The fourth-order valence-corrected chi connectivity index (χ4v) is 4.76. The maximum atomic E-state index is 12.9. The second-order valence-corrected chi connectivity index (χ2v) is 9.68. The third kappa shape index (κ3) is 4.86. The molecule has 34 heavy (non-hydrogen) atoms. The zero-order valence-electron chi connectivity index (χ0n) is 18.9. The number of nitrogens with two attached hydrogens (primary N) is 1. The molecule has 4 N–H and O–H groups in total. The summed E-state index contributed by atoms with van der Waals surface area (Å²) in [5, 5.41) is 15.4. The highest BCUT2D eigenvalue weighted by atomic mass is 32.2. The molecule has 2 aromatic carbocycles. The Kier molecular flexibility index (Phi) is 6.51. The lowest BCUT2D eigenvalue weighted by Crippen LogP contribution is -2.52. The first-order valence-electron chi connectivity index (χ1n) is 10.7. The van der Waals surface area contributed by atoms with Crippen molar-refractivity contribution < 1.29 is 18.0 Å². The molecule has 1 atom stereocenters. The Hall–Kier alpha value is -3.54. The molecule has 3 aromatic rings. The molecule has 178 valence electrons. The van der Waals surface area contributed by atoms with Crippen LogP contribution in [0.4, 0.5) is 5.69 Å². The van der Waals surface area contributed by atoms with Crippen LogP contribution in [0.25, 0.3) is 5.69 Å². The SMILES string of the molecule is Cc1nn(-c2ccccc2)c(C)c1C1C(=O)NCCN1CC(=O)Nc1cccc(S(N)(=O)=O)c1. The van der Waals surface area contributed by atoms with Crippen LogP contribution in [0, 0.1) is 13.8 Å². The molecule has 0 radical (unpaired) electrons. The summed E-state index contributed by atoms with van der Waals surface area (Å²) in [5.74, 6) is -0.578. The average molecular weight is 483 g/mol. The summed E-state index contributed by atoms with van der Waals surface area (Å²) >= 11 is 0. The van der Waals surface area contributed by atoms with Gasteiger partial charge in [-0.05, 0) is 44.2 Å². The number of carbonyl (C=O) groups is 2. The fourth-order valence-electron chi connectivity index (χ4n) is 4.21. The van der Waals surface area contributed by atoms with Gasteiger partial charge < -0.3 is 10.6 Å². The van der Waals surface area contributed by atoms with Crippen molar-refractivity contribution in [2.24, 2.45) is 5.14 Å². The number of amides is 2. The Labute approximate surface area is 197 Å². The Morgan fingerprint density at radius 1 is 1.18 bits per heavy atom. The molecule has 1 aromatic heterocycles. The highest BCUT2D eigenvalue weighted by molar-refractivity contribution is 7.89. The van der Waals surface area contributed by atoms with Crippen molar-refractivity contribution in [1.82, 2.24) is 20.0 Å². The zero-order chi connectivity index (χ0) is 24.5. The molecule has 2 heterocycles. The third-order valence-corrected chi connectivity index (χ3v) is 6.64. The summed E-state index contributed by atoms with van der Waals surface area (Å²) in [4.78, 5) is 27.5. The molecule has 10 nitrogen and oxygen atoms in total. The van der Waals surface area contributed by atoms with E-state index in [1.54, 1.807) is 15.6 Å². The first-order valence-corrected chi connectivity index (χ1v) is 12.3. The minimum Gasteiger partial charge on any atom is -0.353 e. The van der Waals surface area contributed by atoms with Crippen LogP contribution in [0.5, 0.6) is 0 Å². The molecular weight excluding hydrogens is 456 g/mol. The number of hydrogen-bond donors (Lipinski definition) is 3. The van der Waals surface area contributed by atoms with E-state index in [2.05, 4.69) is 15.7 Å². The Morgan fingerprint density at radius 3 is 2.62 bits per heavy atom. The number of aryl methyl sites for hydroxylation is 1. The van der Waals surface area contributed by atoms with Crippen molar-refractivity contribution in [1.29, 1.82) is 0 Å². The highest BCUT2D eigenvalue weighted by Gasteiger charge is 2.36. The van der Waals surface area contributed by atoms with Crippen LogP contribution in [-0.4, -0.2) is 54.5 Å². The van der Waals surface area contributed by atoms with Crippen molar-refractivity contribution in [2.75, 3.05) is 25.0 Å². The maximum Gasteiger partial charge on any atom is 0.242 e. The van der Waals surface area contributed by atoms with Gasteiger partial charge in [0.15, 0.2) is 0 Å². The molecule has 0 bridgehead atoms. The first-order chi connectivity index (χ1) is 16.1. The summed E-state index contributed by atoms with van der Waals surface area (Å²) in [6, 6.07) is 14.7. The van der Waals surface area contributed by atoms with E-state index in [1.807, 2.05) is 44.2 Å². The number of carbonyl (C=O) groups excluding carboxylic acids is 2. The van der Waals surface area contributed by atoms with E-state index < -0.39 is 16.1 Å². The molecule has 1 aliphatic rings. The Bertz CT molecular complexity index is 1340. The minimum atomic E-state index is -3.89. The van der Waals surface area contributed by atoms with Crippen molar-refractivity contribution in [2.45, 2.75) is 24.8 Å². The summed E-state index contributed by atoms with van der Waals surface area (Å²) in [7, 11) is -3.89. The van der Waals surface area contributed by atoms with Crippen molar-refractivity contribution in [3.05, 3.63) is 71.5 Å².